The maximum Gasteiger partial charge on any atom is 0.161 e. The molecule has 0 saturated heterocycles. The molecule has 0 fully saturated rings. The van der Waals surface area contributed by atoms with Gasteiger partial charge in [0.15, 0.2) is 11.6 Å². The van der Waals surface area contributed by atoms with Gasteiger partial charge in [0, 0.05) is 17.2 Å². The van der Waals surface area contributed by atoms with E-state index in [1.807, 2.05) is 20.8 Å². The lowest BCUT2D eigenvalue weighted by Gasteiger charge is -2.24. The van der Waals surface area contributed by atoms with Crippen molar-refractivity contribution in [3.8, 4) is 11.3 Å². The minimum Gasteiger partial charge on any atom is -0.383 e. The fraction of sp³-hybridized carbons (Fsp3) is 0.357. The van der Waals surface area contributed by atoms with Gasteiger partial charge in [0.25, 0.3) is 0 Å². The van der Waals surface area contributed by atoms with E-state index in [1.165, 1.54) is 0 Å². The number of anilines is 1. The predicted molar refractivity (Wildman–Crippen MR) is 71.7 cm³/mol. The van der Waals surface area contributed by atoms with Crippen LogP contribution in [0.15, 0.2) is 12.1 Å². The summed E-state index contributed by atoms with van der Waals surface area (Å²) in [4.78, 5) is 4.19. The van der Waals surface area contributed by atoms with Gasteiger partial charge in [-0.2, -0.15) is 0 Å². The summed E-state index contributed by atoms with van der Waals surface area (Å²) >= 11 is 0. The van der Waals surface area contributed by atoms with E-state index in [0.717, 1.165) is 6.07 Å². The van der Waals surface area contributed by atoms with E-state index >= 15 is 0 Å². The van der Waals surface area contributed by atoms with Crippen molar-refractivity contribution in [1.29, 1.82) is 0 Å². The van der Waals surface area contributed by atoms with Crippen LogP contribution in [0.4, 0.5) is 19.0 Å². The zero-order chi connectivity index (χ0) is 15.2. The van der Waals surface area contributed by atoms with Crippen LogP contribution in [-0.2, 0) is 5.54 Å². The Hall–Kier alpha value is -1.98. The molecule has 0 bridgehead atoms. The van der Waals surface area contributed by atoms with Gasteiger partial charge >= 0.3 is 0 Å². The zero-order valence-electron chi connectivity index (χ0n) is 11.8. The minimum atomic E-state index is -1.24. The van der Waals surface area contributed by atoms with Crippen molar-refractivity contribution >= 4 is 5.82 Å². The second-order valence-electron chi connectivity index (χ2n) is 5.65. The molecule has 20 heavy (non-hydrogen) atoms. The summed E-state index contributed by atoms with van der Waals surface area (Å²) in [6.07, 6.45) is 0. The standard InChI is InChI=1S/C14H16F3N3/c1-7-19-12(13(18)20(7)14(2,3)4)8-5-10(16)11(17)6-9(8)15/h5-6H,18H2,1-4H3. The summed E-state index contributed by atoms with van der Waals surface area (Å²) in [7, 11) is 0. The van der Waals surface area contributed by atoms with E-state index in [2.05, 4.69) is 4.98 Å². The van der Waals surface area contributed by atoms with Crippen molar-refractivity contribution in [2.45, 2.75) is 33.2 Å². The second-order valence-corrected chi connectivity index (χ2v) is 5.65. The molecule has 0 unspecified atom stereocenters. The Kier molecular flexibility index (Phi) is 3.28. The summed E-state index contributed by atoms with van der Waals surface area (Å²) in [5, 5.41) is 0. The van der Waals surface area contributed by atoms with E-state index in [1.54, 1.807) is 11.5 Å². The number of nitrogens with two attached hydrogens (primary N) is 1. The molecule has 1 aromatic carbocycles. The molecule has 3 nitrogen and oxygen atoms in total. The first kappa shape index (κ1) is 14.4. The van der Waals surface area contributed by atoms with Gasteiger partial charge in [-0.25, -0.2) is 18.2 Å². The van der Waals surface area contributed by atoms with Crippen molar-refractivity contribution < 1.29 is 13.2 Å². The molecule has 1 heterocycles. The Labute approximate surface area is 115 Å². The van der Waals surface area contributed by atoms with Gasteiger partial charge < -0.3 is 10.3 Å². The van der Waals surface area contributed by atoms with Crippen LogP contribution in [0.3, 0.4) is 0 Å². The third kappa shape index (κ3) is 2.26. The van der Waals surface area contributed by atoms with Gasteiger partial charge in [0.1, 0.15) is 23.2 Å². The molecule has 6 heteroatoms. The molecule has 0 aliphatic rings. The lowest BCUT2D eigenvalue weighted by Crippen LogP contribution is -2.24. The molecule has 0 aliphatic heterocycles. The number of aromatic nitrogens is 2. The number of imidazole rings is 1. The quantitative estimate of drug-likeness (QED) is 0.812. The van der Waals surface area contributed by atoms with E-state index in [-0.39, 0.29) is 22.6 Å². The van der Waals surface area contributed by atoms with E-state index < -0.39 is 17.5 Å². The third-order valence-electron chi connectivity index (χ3n) is 3.02. The summed E-state index contributed by atoms with van der Waals surface area (Å²) < 4.78 is 41.8. The fourth-order valence-electron chi connectivity index (χ4n) is 2.30. The van der Waals surface area contributed by atoms with Crippen molar-refractivity contribution in [3.63, 3.8) is 0 Å². The van der Waals surface area contributed by atoms with Crippen LogP contribution in [0.5, 0.6) is 0 Å². The van der Waals surface area contributed by atoms with Crippen molar-refractivity contribution in [2.75, 3.05) is 5.73 Å². The Morgan fingerprint density at radius 1 is 1.05 bits per heavy atom. The van der Waals surface area contributed by atoms with Crippen LogP contribution in [0, 0.1) is 24.4 Å². The maximum atomic E-state index is 13.8. The van der Waals surface area contributed by atoms with Crippen LogP contribution in [-0.4, -0.2) is 9.55 Å². The predicted octanol–water partition coefficient (Wildman–Crippen LogP) is 3.61. The summed E-state index contributed by atoms with van der Waals surface area (Å²) in [6, 6.07) is 1.27. The molecule has 0 saturated carbocycles. The lowest BCUT2D eigenvalue weighted by atomic mass is 10.1. The average molecular weight is 283 g/mol. The zero-order valence-corrected chi connectivity index (χ0v) is 11.8. The van der Waals surface area contributed by atoms with Gasteiger partial charge in [-0.05, 0) is 33.8 Å². The van der Waals surface area contributed by atoms with E-state index in [4.69, 9.17) is 5.73 Å². The highest BCUT2D eigenvalue weighted by atomic mass is 19.2. The topological polar surface area (TPSA) is 43.8 Å². The van der Waals surface area contributed by atoms with Crippen molar-refractivity contribution in [3.05, 3.63) is 35.4 Å². The van der Waals surface area contributed by atoms with Gasteiger partial charge in [-0.1, -0.05) is 0 Å². The first-order chi connectivity index (χ1) is 9.12. The summed E-state index contributed by atoms with van der Waals surface area (Å²) in [5.74, 6) is -2.47. The molecule has 2 rings (SSSR count). The molecule has 0 amide bonds. The smallest absolute Gasteiger partial charge is 0.161 e. The number of nitrogens with zero attached hydrogens (tertiary/aromatic N) is 2. The van der Waals surface area contributed by atoms with Gasteiger partial charge in [0.05, 0.1) is 0 Å². The molecule has 0 radical (unpaired) electrons. The number of benzene rings is 1. The maximum absolute atomic E-state index is 13.8. The molecule has 2 aromatic rings. The van der Waals surface area contributed by atoms with E-state index in [9.17, 15) is 13.2 Å². The second kappa shape index (κ2) is 4.54. The highest BCUT2D eigenvalue weighted by Crippen LogP contribution is 2.33. The molecule has 2 N–H and O–H groups in total. The minimum absolute atomic E-state index is 0.119. The van der Waals surface area contributed by atoms with Crippen molar-refractivity contribution in [1.82, 2.24) is 9.55 Å². The first-order valence-electron chi connectivity index (χ1n) is 6.13. The van der Waals surface area contributed by atoms with Gasteiger partial charge in [-0.15, -0.1) is 0 Å². The third-order valence-corrected chi connectivity index (χ3v) is 3.02. The van der Waals surface area contributed by atoms with Crippen LogP contribution < -0.4 is 5.73 Å². The number of halogens is 3. The van der Waals surface area contributed by atoms with Crippen LogP contribution >= 0.6 is 0 Å². The number of nitrogen functional groups attached to an aromatic ring is 1. The Morgan fingerprint density at radius 2 is 1.60 bits per heavy atom. The highest BCUT2D eigenvalue weighted by molar-refractivity contribution is 5.71. The molecular formula is C14H16F3N3. The van der Waals surface area contributed by atoms with Gasteiger partial charge in [0.2, 0.25) is 0 Å². The largest absolute Gasteiger partial charge is 0.383 e. The van der Waals surface area contributed by atoms with E-state index in [0.29, 0.717) is 11.9 Å². The van der Waals surface area contributed by atoms with Crippen molar-refractivity contribution in [2.24, 2.45) is 0 Å². The molecule has 108 valence electrons. The van der Waals surface area contributed by atoms with Crippen LogP contribution in [0.25, 0.3) is 11.3 Å². The molecule has 1 aromatic heterocycles. The van der Waals surface area contributed by atoms with Crippen LogP contribution in [0.1, 0.15) is 26.6 Å². The molecule has 0 aliphatic carbocycles. The monoisotopic (exact) mass is 283 g/mol. The highest BCUT2D eigenvalue weighted by Gasteiger charge is 2.24. The lowest BCUT2D eigenvalue weighted by molar-refractivity contribution is 0.393. The Bertz CT molecular complexity index is 669. The number of rotatable bonds is 1. The first-order valence-corrected chi connectivity index (χ1v) is 6.13. The van der Waals surface area contributed by atoms with Crippen LogP contribution in [0.2, 0.25) is 0 Å². The molecule has 0 spiro atoms. The summed E-state index contributed by atoms with van der Waals surface area (Å²) in [5.41, 5.74) is 5.62. The Balaban J connectivity index is 2.70. The number of aryl methyl sites for hydroxylation is 1. The normalized spacial score (nSPS) is 11.9. The molecular weight excluding hydrogens is 267 g/mol. The SMILES string of the molecule is Cc1nc(-c2cc(F)c(F)cc2F)c(N)n1C(C)(C)C. The molecule has 0 atom stereocenters. The average Bonchev–Trinajstić information content (AvgIpc) is 2.58. The number of hydrogen-bond donors (Lipinski definition) is 1. The Morgan fingerprint density at radius 3 is 2.10 bits per heavy atom. The summed E-state index contributed by atoms with van der Waals surface area (Å²) in [6.45, 7) is 7.49. The number of hydrogen-bond acceptors (Lipinski definition) is 2. The fourth-order valence-corrected chi connectivity index (χ4v) is 2.30. The van der Waals surface area contributed by atoms with Gasteiger partial charge in [-0.3, -0.25) is 0 Å².